The monoisotopic (exact) mass is 364 g/mol. The van der Waals surface area contributed by atoms with Crippen LogP contribution in [0.3, 0.4) is 0 Å². The maximum absolute atomic E-state index is 12.2. The van der Waals surface area contributed by atoms with Crippen LogP contribution in [0.4, 0.5) is 11.4 Å². The summed E-state index contributed by atoms with van der Waals surface area (Å²) < 4.78 is 0. The zero-order valence-electron chi connectivity index (χ0n) is 17.2. The van der Waals surface area contributed by atoms with E-state index in [0.29, 0.717) is 11.3 Å². The second kappa shape index (κ2) is 14.1. The summed E-state index contributed by atoms with van der Waals surface area (Å²) in [4.78, 5) is 12.2. The first-order valence-electron chi connectivity index (χ1n) is 9.32. The number of rotatable bonds is 7. The van der Waals surface area contributed by atoms with E-state index in [9.17, 15) is 4.79 Å². The SMILES string of the molecule is C=CC(=C)Nc1ccccc1N/C(C)=C\C(=O)c1ccccc1.CC.CC. The van der Waals surface area contributed by atoms with E-state index in [-0.39, 0.29) is 5.78 Å². The number of nitrogens with one attached hydrogen (secondary N) is 2. The van der Waals surface area contributed by atoms with Gasteiger partial charge in [0.2, 0.25) is 0 Å². The minimum Gasteiger partial charge on any atom is -0.357 e. The summed E-state index contributed by atoms with van der Waals surface area (Å²) in [5.74, 6) is -0.0310. The van der Waals surface area contributed by atoms with E-state index in [1.807, 2.05) is 77.1 Å². The molecule has 2 rings (SSSR count). The molecule has 0 heterocycles. The number of anilines is 2. The molecule has 3 heteroatoms. The number of carbonyl (C=O) groups excluding carboxylic acids is 1. The van der Waals surface area contributed by atoms with Gasteiger partial charge in [0.15, 0.2) is 5.78 Å². The van der Waals surface area contributed by atoms with Crippen molar-refractivity contribution in [3.63, 3.8) is 0 Å². The van der Waals surface area contributed by atoms with Crippen molar-refractivity contribution < 1.29 is 4.79 Å². The molecule has 144 valence electrons. The van der Waals surface area contributed by atoms with E-state index in [4.69, 9.17) is 0 Å². The van der Waals surface area contributed by atoms with Gasteiger partial charge in [-0.25, -0.2) is 0 Å². The summed E-state index contributed by atoms with van der Waals surface area (Å²) in [7, 11) is 0. The Kier molecular flexibility index (Phi) is 12.5. The van der Waals surface area contributed by atoms with E-state index in [1.165, 1.54) is 0 Å². The second-order valence-corrected chi connectivity index (χ2v) is 5.08. The Morgan fingerprint density at radius 3 is 1.85 bits per heavy atom. The van der Waals surface area contributed by atoms with Crippen molar-refractivity contribution in [2.75, 3.05) is 10.6 Å². The van der Waals surface area contributed by atoms with Gasteiger partial charge < -0.3 is 10.6 Å². The Bertz CT molecular complexity index is 746. The standard InChI is InChI=1S/C20H20N2O.2C2H6/c1-4-15(2)21-18-12-8-9-13-19(18)22-16(3)14-20(23)17-10-6-5-7-11-17;2*1-2/h4-14,21-22H,1-2H2,3H3;2*1-2H3/b16-14-;;. The molecule has 0 spiro atoms. The molecule has 0 aromatic heterocycles. The third kappa shape index (κ3) is 8.73. The zero-order valence-corrected chi connectivity index (χ0v) is 17.2. The molecule has 2 aromatic carbocycles. The van der Waals surface area contributed by atoms with Gasteiger partial charge in [0, 0.05) is 23.0 Å². The quantitative estimate of drug-likeness (QED) is 0.314. The normalized spacial score (nSPS) is 9.59. The third-order valence-electron chi connectivity index (χ3n) is 3.21. The smallest absolute Gasteiger partial charge is 0.187 e. The molecule has 27 heavy (non-hydrogen) atoms. The van der Waals surface area contributed by atoms with Gasteiger partial charge in [-0.3, -0.25) is 4.79 Å². The number of carbonyl (C=O) groups is 1. The average Bonchev–Trinajstić information content (AvgIpc) is 2.73. The summed E-state index contributed by atoms with van der Waals surface area (Å²) in [6.45, 7) is 17.4. The number of para-hydroxylation sites is 2. The molecule has 0 amide bonds. The highest BCUT2D eigenvalue weighted by atomic mass is 16.1. The third-order valence-corrected chi connectivity index (χ3v) is 3.21. The molecule has 0 bridgehead atoms. The maximum Gasteiger partial charge on any atom is 0.187 e. The van der Waals surface area contributed by atoms with Crippen molar-refractivity contribution in [2.45, 2.75) is 34.6 Å². The van der Waals surface area contributed by atoms with Gasteiger partial charge in [0.05, 0.1) is 11.4 Å². The fourth-order valence-electron chi connectivity index (χ4n) is 2.06. The van der Waals surface area contributed by atoms with E-state index in [1.54, 1.807) is 24.3 Å². The van der Waals surface area contributed by atoms with Crippen molar-refractivity contribution in [2.24, 2.45) is 0 Å². The summed E-state index contributed by atoms with van der Waals surface area (Å²) in [5.41, 5.74) is 3.88. The molecule has 2 N–H and O–H groups in total. The first-order valence-corrected chi connectivity index (χ1v) is 9.32. The molecule has 0 saturated carbocycles. The van der Waals surface area contributed by atoms with Crippen LogP contribution in [0.15, 0.2) is 91.3 Å². The van der Waals surface area contributed by atoms with Crippen molar-refractivity contribution in [1.29, 1.82) is 0 Å². The molecule has 0 aliphatic rings. The van der Waals surface area contributed by atoms with E-state index in [0.717, 1.165) is 17.1 Å². The fraction of sp³-hybridized carbons (Fsp3) is 0.208. The van der Waals surface area contributed by atoms with Crippen LogP contribution in [-0.4, -0.2) is 5.78 Å². The molecular formula is C24H32N2O. The molecule has 0 aliphatic heterocycles. The minimum absolute atomic E-state index is 0.0310. The number of hydrogen-bond donors (Lipinski definition) is 2. The number of hydrogen-bond acceptors (Lipinski definition) is 3. The molecule has 0 atom stereocenters. The van der Waals surface area contributed by atoms with Crippen LogP contribution in [0.1, 0.15) is 45.0 Å². The number of allylic oxidation sites excluding steroid dienone is 3. The summed E-state index contributed by atoms with van der Waals surface area (Å²) >= 11 is 0. The summed E-state index contributed by atoms with van der Waals surface area (Å²) in [6.07, 6.45) is 3.24. The van der Waals surface area contributed by atoms with Gasteiger partial charge >= 0.3 is 0 Å². The Morgan fingerprint density at radius 2 is 1.33 bits per heavy atom. The highest BCUT2D eigenvalue weighted by Crippen LogP contribution is 2.24. The van der Waals surface area contributed by atoms with E-state index >= 15 is 0 Å². The van der Waals surface area contributed by atoms with Crippen molar-refractivity contribution >= 4 is 17.2 Å². The van der Waals surface area contributed by atoms with E-state index < -0.39 is 0 Å². The lowest BCUT2D eigenvalue weighted by molar-refractivity contribution is 0.104. The lowest BCUT2D eigenvalue weighted by atomic mass is 10.1. The Morgan fingerprint density at radius 1 is 0.852 bits per heavy atom. The van der Waals surface area contributed by atoms with Gasteiger partial charge in [-0.15, -0.1) is 0 Å². The van der Waals surface area contributed by atoms with Crippen LogP contribution in [0.25, 0.3) is 0 Å². The summed E-state index contributed by atoms with van der Waals surface area (Å²) in [6, 6.07) is 16.9. The lowest BCUT2D eigenvalue weighted by Crippen LogP contribution is -2.04. The molecular weight excluding hydrogens is 332 g/mol. The highest BCUT2D eigenvalue weighted by molar-refractivity contribution is 6.05. The molecule has 0 radical (unpaired) electrons. The van der Waals surface area contributed by atoms with Crippen LogP contribution >= 0.6 is 0 Å². The van der Waals surface area contributed by atoms with Gasteiger partial charge in [-0.2, -0.15) is 0 Å². The molecule has 3 nitrogen and oxygen atoms in total. The first kappa shape index (κ1) is 23.9. The molecule has 2 aromatic rings. The highest BCUT2D eigenvalue weighted by Gasteiger charge is 2.05. The number of ketones is 1. The Balaban J connectivity index is 0.00000158. The van der Waals surface area contributed by atoms with Crippen LogP contribution in [0.2, 0.25) is 0 Å². The summed E-state index contributed by atoms with van der Waals surface area (Å²) in [5, 5.41) is 6.41. The average molecular weight is 365 g/mol. The minimum atomic E-state index is -0.0310. The van der Waals surface area contributed by atoms with Gasteiger partial charge in [-0.1, -0.05) is 83.3 Å². The molecule has 0 unspecified atom stereocenters. The fourth-order valence-corrected chi connectivity index (χ4v) is 2.06. The maximum atomic E-state index is 12.2. The van der Waals surface area contributed by atoms with Crippen LogP contribution in [-0.2, 0) is 0 Å². The predicted molar refractivity (Wildman–Crippen MR) is 120 cm³/mol. The molecule has 0 aliphatic carbocycles. The molecule has 0 saturated heterocycles. The van der Waals surface area contributed by atoms with Crippen LogP contribution in [0.5, 0.6) is 0 Å². The van der Waals surface area contributed by atoms with Crippen molar-refractivity contribution in [3.05, 3.63) is 96.9 Å². The topological polar surface area (TPSA) is 41.1 Å². The largest absolute Gasteiger partial charge is 0.357 e. The number of benzene rings is 2. The van der Waals surface area contributed by atoms with Gasteiger partial charge in [-0.05, 0) is 25.1 Å². The van der Waals surface area contributed by atoms with Crippen LogP contribution in [0, 0.1) is 0 Å². The zero-order chi connectivity index (χ0) is 20.7. The van der Waals surface area contributed by atoms with Gasteiger partial charge in [0.25, 0.3) is 0 Å². The van der Waals surface area contributed by atoms with E-state index in [2.05, 4.69) is 23.8 Å². The molecule has 0 fully saturated rings. The van der Waals surface area contributed by atoms with Gasteiger partial charge in [0.1, 0.15) is 0 Å². The lowest BCUT2D eigenvalue weighted by Gasteiger charge is -2.14. The van der Waals surface area contributed by atoms with Crippen molar-refractivity contribution in [3.8, 4) is 0 Å². The van der Waals surface area contributed by atoms with Crippen LogP contribution < -0.4 is 10.6 Å². The van der Waals surface area contributed by atoms with Crippen molar-refractivity contribution in [1.82, 2.24) is 0 Å². The Labute approximate surface area is 164 Å². The predicted octanol–water partition coefficient (Wildman–Crippen LogP) is 7.05. The first-order chi connectivity index (χ1) is 13.1. The second-order valence-electron chi connectivity index (χ2n) is 5.08. The Hall–Kier alpha value is -3.07.